The molecule has 0 radical (unpaired) electrons. The predicted octanol–water partition coefficient (Wildman–Crippen LogP) is 16.2. The summed E-state index contributed by atoms with van der Waals surface area (Å²) in [7, 11) is 0. The highest BCUT2D eigenvalue weighted by molar-refractivity contribution is 6.00. The fourth-order valence-corrected chi connectivity index (χ4v) is 13.1. The van der Waals surface area contributed by atoms with Crippen molar-refractivity contribution in [2.45, 2.75) is 30.1 Å². The number of anilines is 3. The Balaban J connectivity index is 1.06. The highest BCUT2D eigenvalue weighted by Crippen LogP contribution is 2.68. The third kappa shape index (κ3) is 4.64. The van der Waals surface area contributed by atoms with Gasteiger partial charge in [-0.05, 0) is 125 Å². The van der Waals surface area contributed by atoms with E-state index in [2.05, 4.69) is 255 Å². The molecule has 0 heterocycles. The molecule has 0 saturated heterocycles. The molecule has 2 spiro atoms. The van der Waals surface area contributed by atoms with Crippen molar-refractivity contribution in [3.05, 3.63) is 292 Å². The van der Waals surface area contributed by atoms with Crippen molar-refractivity contribution in [2.75, 3.05) is 4.90 Å². The van der Waals surface area contributed by atoms with Gasteiger partial charge < -0.3 is 4.90 Å². The second-order valence-electron chi connectivity index (χ2n) is 19.1. The van der Waals surface area contributed by atoms with Crippen molar-refractivity contribution in [1.82, 2.24) is 0 Å². The molecule has 0 fully saturated rings. The van der Waals surface area contributed by atoms with Crippen molar-refractivity contribution in [3.63, 3.8) is 0 Å². The van der Waals surface area contributed by atoms with Gasteiger partial charge in [0.25, 0.3) is 0 Å². The summed E-state index contributed by atoms with van der Waals surface area (Å²) in [6.07, 6.45) is 0. The Morgan fingerprint density at radius 2 is 0.667 bits per heavy atom. The summed E-state index contributed by atoms with van der Waals surface area (Å²) in [5.74, 6) is 0. The molecule has 0 bridgehead atoms. The minimum absolute atomic E-state index is 0.150. The van der Waals surface area contributed by atoms with Crippen LogP contribution in [0.2, 0.25) is 0 Å². The molecular weight excluding hydrogens is 795 g/mol. The monoisotopic (exact) mass is 839 g/mol. The van der Waals surface area contributed by atoms with Crippen LogP contribution in [0.4, 0.5) is 17.1 Å². The number of rotatable bonds is 4. The van der Waals surface area contributed by atoms with Crippen LogP contribution in [0, 0.1) is 0 Å². The van der Waals surface area contributed by atoms with Crippen LogP contribution in [0.3, 0.4) is 0 Å². The number of hydrogen-bond acceptors (Lipinski definition) is 1. The van der Waals surface area contributed by atoms with Crippen LogP contribution in [-0.4, -0.2) is 0 Å². The van der Waals surface area contributed by atoms with Crippen molar-refractivity contribution in [1.29, 1.82) is 0 Å². The Hall–Kier alpha value is -8.00. The molecule has 0 amide bonds. The van der Waals surface area contributed by atoms with E-state index in [1.165, 1.54) is 106 Å². The summed E-state index contributed by atoms with van der Waals surface area (Å²) < 4.78 is 0. The molecular formula is C65H45N. The molecule has 1 nitrogen and oxygen atoms in total. The smallest absolute Gasteiger partial charge is 0.0720 e. The maximum absolute atomic E-state index is 2.54. The fourth-order valence-electron chi connectivity index (χ4n) is 13.1. The van der Waals surface area contributed by atoms with Crippen LogP contribution in [0.1, 0.15) is 69.5 Å². The van der Waals surface area contributed by atoms with Gasteiger partial charge in [-0.1, -0.05) is 220 Å². The van der Waals surface area contributed by atoms with Gasteiger partial charge in [0.2, 0.25) is 0 Å². The molecule has 0 N–H and O–H groups in total. The summed E-state index contributed by atoms with van der Waals surface area (Å²) in [6.45, 7) is 4.76. The zero-order valence-corrected chi connectivity index (χ0v) is 37.0. The standard InChI is InChI=1S/C65H45N/c1-63(2)51-25-10-6-21-46(51)49-40-39-45(41-60(49)63)66(44-37-35-43(36-38-44)42-19-4-3-5-20-42)61-34-18-33-59-62(61)50-24-9-13-28-54(50)65(59)57-31-16-14-29-55(57)64(56-30-15-17-32-58(56)65)52-26-11-7-22-47(52)48-23-8-12-27-53(48)64/h3-41H,1-2H3. The number of nitrogens with zero attached hydrogens (tertiary/aromatic N) is 1. The number of hydrogen-bond donors (Lipinski definition) is 0. The highest BCUT2D eigenvalue weighted by atomic mass is 15.1. The van der Waals surface area contributed by atoms with Crippen LogP contribution in [0.25, 0.3) is 44.5 Å². The second kappa shape index (κ2) is 13.5. The lowest BCUT2D eigenvalue weighted by atomic mass is 9.52. The molecule has 1 heteroatoms. The van der Waals surface area contributed by atoms with E-state index < -0.39 is 10.8 Å². The lowest BCUT2D eigenvalue weighted by Gasteiger charge is -2.48. The maximum atomic E-state index is 2.54. The average molecular weight is 840 g/mol. The number of benzene rings is 10. The SMILES string of the molecule is CC1(C)c2ccccc2-c2ccc(N(c3ccc(-c4ccccc4)cc3)c3cccc4c3-c3ccccc3C43c4ccccc4C4(c5ccccc5-c5ccccc54)c4ccccc43)cc21. The van der Waals surface area contributed by atoms with Gasteiger partial charge in [-0.3, -0.25) is 0 Å². The average Bonchev–Trinajstić information content (AvgIpc) is 3.94. The minimum Gasteiger partial charge on any atom is -0.310 e. The Bertz CT molecular complexity index is 3530. The summed E-state index contributed by atoms with van der Waals surface area (Å²) in [6, 6.07) is 89.5. The van der Waals surface area contributed by atoms with Crippen molar-refractivity contribution < 1.29 is 0 Å². The molecule has 0 saturated carbocycles. The van der Waals surface area contributed by atoms with Gasteiger partial charge in [-0.25, -0.2) is 0 Å². The van der Waals surface area contributed by atoms with Crippen molar-refractivity contribution >= 4 is 17.1 Å². The summed E-state index contributed by atoms with van der Waals surface area (Å²) in [5, 5.41) is 0. The van der Waals surface area contributed by atoms with Crippen LogP contribution >= 0.6 is 0 Å². The molecule has 14 rings (SSSR count). The second-order valence-corrected chi connectivity index (χ2v) is 19.1. The molecule has 0 atom stereocenters. The van der Waals surface area contributed by atoms with Gasteiger partial charge in [0.05, 0.1) is 16.5 Å². The fraction of sp³-hybridized carbons (Fsp3) is 0.0769. The largest absolute Gasteiger partial charge is 0.310 e. The molecule has 310 valence electrons. The van der Waals surface area contributed by atoms with E-state index in [-0.39, 0.29) is 5.41 Å². The van der Waals surface area contributed by atoms with E-state index in [1.54, 1.807) is 0 Å². The van der Waals surface area contributed by atoms with Gasteiger partial charge in [0.1, 0.15) is 0 Å². The Kier molecular flexibility index (Phi) is 7.66. The van der Waals surface area contributed by atoms with E-state index in [1.807, 2.05) is 0 Å². The predicted molar refractivity (Wildman–Crippen MR) is 272 cm³/mol. The zero-order valence-electron chi connectivity index (χ0n) is 37.0. The quantitative estimate of drug-likeness (QED) is 0.171. The Labute approximate surface area is 387 Å². The zero-order chi connectivity index (χ0) is 43.8. The third-order valence-electron chi connectivity index (χ3n) is 15.8. The van der Waals surface area contributed by atoms with E-state index >= 15 is 0 Å². The van der Waals surface area contributed by atoms with Gasteiger partial charge in [0, 0.05) is 22.4 Å². The van der Waals surface area contributed by atoms with E-state index in [0.717, 1.165) is 11.4 Å². The first-order chi connectivity index (χ1) is 32.5. The molecule has 0 aromatic heterocycles. The summed E-state index contributed by atoms with van der Waals surface area (Å²) in [5.41, 5.74) is 25.9. The Morgan fingerprint density at radius 3 is 1.24 bits per heavy atom. The summed E-state index contributed by atoms with van der Waals surface area (Å²) in [4.78, 5) is 2.54. The van der Waals surface area contributed by atoms with Gasteiger partial charge in [-0.15, -0.1) is 0 Å². The number of fused-ring (bicyclic) bond motifs is 19. The Morgan fingerprint density at radius 1 is 0.273 bits per heavy atom. The van der Waals surface area contributed by atoms with Gasteiger partial charge in [0.15, 0.2) is 0 Å². The van der Waals surface area contributed by atoms with Crippen LogP contribution in [0.5, 0.6) is 0 Å². The van der Waals surface area contributed by atoms with Crippen LogP contribution in [0.15, 0.2) is 237 Å². The molecule has 10 aromatic rings. The van der Waals surface area contributed by atoms with Crippen LogP contribution in [-0.2, 0) is 16.2 Å². The normalized spacial score (nSPS) is 15.2. The summed E-state index contributed by atoms with van der Waals surface area (Å²) >= 11 is 0. The van der Waals surface area contributed by atoms with E-state index in [9.17, 15) is 0 Å². The third-order valence-corrected chi connectivity index (χ3v) is 15.8. The molecule has 66 heavy (non-hydrogen) atoms. The minimum atomic E-state index is -0.586. The van der Waals surface area contributed by atoms with Gasteiger partial charge in [-0.2, -0.15) is 0 Å². The lowest BCUT2D eigenvalue weighted by molar-refractivity contribution is 0.633. The molecule has 0 unspecified atom stereocenters. The maximum Gasteiger partial charge on any atom is 0.0720 e. The van der Waals surface area contributed by atoms with E-state index in [4.69, 9.17) is 0 Å². The first-order valence-corrected chi connectivity index (χ1v) is 23.3. The van der Waals surface area contributed by atoms with Crippen molar-refractivity contribution in [2.24, 2.45) is 0 Å². The van der Waals surface area contributed by atoms with Crippen molar-refractivity contribution in [3.8, 4) is 44.5 Å². The van der Waals surface area contributed by atoms with Crippen LogP contribution < -0.4 is 4.90 Å². The molecule has 4 aliphatic rings. The first-order valence-electron chi connectivity index (χ1n) is 23.3. The first kappa shape index (κ1) is 37.4. The lowest BCUT2D eigenvalue weighted by Crippen LogP contribution is -2.43. The van der Waals surface area contributed by atoms with Gasteiger partial charge >= 0.3 is 0 Å². The highest BCUT2D eigenvalue weighted by Gasteiger charge is 2.59. The molecule has 4 aliphatic carbocycles. The topological polar surface area (TPSA) is 3.24 Å². The molecule has 10 aromatic carbocycles. The van der Waals surface area contributed by atoms with E-state index in [0.29, 0.717) is 0 Å². The molecule has 0 aliphatic heterocycles.